The Hall–Kier alpha value is -0.730. The molecule has 19 heavy (non-hydrogen) atoms. The van der Waals surface area contributed by atoms with E-state index in [2.05, 4.69) is 20.8 Å². The lowest BCUT2D eigenvalue weighted by molar-refractivity contribution is 0.0697. The molecule has 2 atom stereocenters. The van der Waals surface area contributed by atoms with Crippen molar-refractivity contribution >= 4 is 29.2 Å². The molecule has 0 saturated heterocycles. The number of alkyl halides is 1. The summed E-state index contributed by atoms with van der Waals surface area (Å²) in [7, 11) is 0. The van der Waals surface area contributed by atoms with E-state index in [9.17, 15) is 4.79 Å². The van der Waals surface area contributed by atoms with Gasteiger partial charge >= 0.3 is 5.97 Å². The molecule has 0 spiro atoms. The van der Waals surface area contributed by atoms with Crippen molar-refractivity contribution in [2.45, 2.75) is 45.4 Å². The fraction of sp³-hybridized carbons (Fsp3) is 0.533. The average molecular weight is 305 g/mol. The van der Waals surface area contributed by atoms with E-state index in [1.807, 2.05) is 0 Å². The van der Waals surface area contributed by atoms with Gasteiger partial charge in [0.05, 0.1) is 10.6 Å². The van der Waals surface area contributed by atoms with Crippen LogP contribution in [0.25, 0.3) is 0 Å². The second-order valence-electron chi connectivity index (χ2n) is 4.54. The van der Waals surface area contributed by atoms with Gasteiger partial charge in [-0.05, 0) is 30.9 Å². The van der Waals surface area contributed by atoms with Gasteiger partial charge in [0.1, 0.15) is 0 Å². The van der Waals surface area contributed by atoms with Crippen molar-refractivity contribution in [1.82, 2.24) is 0 Å². The average Bonchev–Trinajstić information content (AvgIpc) is 2.39. The van der Waals surface area contributed by atoms with E-state index in [1.54, 1.807) is 18.2 Å². The molecule has 2 nitrogen and oxygen atoms in total. The van der Waals surface area contributed by atoms with E-state index in [0.717, 1.165) is 12.3 Å². The molecule has 0 amide bonds. The quantitative estimate of drug-likeness (QED) is 0.731. The summed E-state index contributed by atoms with van der Waals surface area (Å²) in [6, 6.07) is 6.33. The smallest absolute Gasteiger partial charge is 0.337 e. The van der Waals surface area contributed by atoms with Crippen molar-refractivity contribution < 1.29 is 9.90 Å². The monoisotopic (exact) mass is 304 g/mol. The molecule has 0 aliphatic carbocycles. The van der Waals surface area contributed by atoms with E-state index in [1.165, 1.54) is 18.9 Å². The van der Waals surface area contributed by atoms with E-state index in [-0.39, 0.29) is 10.6 Å². The Kier molecular flexibility index (Phi) is 9.72. The zero-order valence-electron chi connectivity index (χ0n) is 11.7. The maximum atomic E-state index is 10.3. The Bertz CT molecular complexity index is 372. The molecule has 2 unspecified atom stereocenters. The number of carboxylic acid groups (broad SMARTS) is 1. The number of rotatable bonds is 5. The molecule has 0 aromatic heterocycles. The minimum absolute atomic E-state index is 0.143. The number of benzene rings is 1. The first kappa shape index (κ1) is 18.3. The van der Waals surface area contributed by atoms with Gasteiger partial charge in [-0.1, -0.05) is 50.9 Å². The Morgan fingerprint density at radius 1 is 1.26 bits per heavy atom. The predicted molar refractivity (Wildman–Crippen MR) is 82.4 cm³/mol. The summed E-state index contributed by atoms with van der Waals surface area (Å²) in [6.07, 6.45) is 3.53. The van der Waals surface area contributed by atoms with Crippen LogP contribution in [0.4, 0.5) is 0 Å². The summed E-state index contributed by atoms with van der Waals surface area (Å²) < 4.78 is 0. The van der Waals surface area contributed by atoms with Crippen molar-refractivity contribution in [2.75, 3.05) is 0 Å². The van der Waals surface area contributed by atoms with Crippen LogP contribution in [0.5, 0.6) is 0 Å². The molecule has 1 aromatic rings. The molecule has 1 N–H and O–H groups in total. The normalized spacial score (nSPS) is 13.1. The second kappa shape index (κ2) is 10.1. The van der Waals surface area contributed by atoms with Gasteiger partial charge in [-0.3, -0.25) is 0 Å². The van der Waals surface area contributed by atoms with Crippen LogP contribution in [0, 0.1) is 5.92 Å². The van der Waals surface area contributed by atoms with Gasteiger partial charge in [0.2, 0.25) is 0 Å². The standard InChI is InChI=1S/C8H17Cl.C7H5ClO2/c1-4-7(3)6-8(9)5-2;8-6-4-2-1-3-5(6)7(9)10/h7-8H,4-6H2,1-3H3;1-4H,(H,9,10). The van der Waals surface area contributed by atoms with Crippen molar-refractivity contribution in [3.63, 3.8) is 0 Å². The van der Waals surface area contributed by atoms with Crippen LogP contribution >= 0.6 is 23.2 Å². The van der Waals surface area contributed by atoms with Crippen molar-refractivity contribution in [3.05, 3.63) is 34.9 Å². The maximum absolute atomic E-state index is 10.3. The largest absolute Gasteiger partial charge is 0.478 e. The van der Waals surface area contributed by atoms with E-state index in [4.69, 9.17) is 28.3 Å². The molecule has 0 aliphatic rings. The topological polar surface area (TPSA) is 37.3 Å². The van der Waals surface area contributed by atoms with Crippen LogP contribution in [-0.2, 0) is 0 Å². The summed E-state index contributed by atoms with van der Waals surface area (Å²) in [5, 5.41) is 9.16. The highest BCUT2D eigenvalue weighted by Crippen LogP contribution is 2.16. The second-order valence-corrected chi connectivity index (χ2v) is 5.56. The summed E-state index contributed by atoms with van der Waals surface area (Å²) >= 11 is 11.5. The fourth-order valence-electron chi connectivity index (χ4n) is 1.40. The highest BCUT2D eigenvalue weighted by molar-refractivity contribution is 6.33. The number of carboxylic acids is 1. The first-order valence-electron chi connectivity index (χ1n) is 6.54. The molecule has 0 heterocycles. The van der Waals surface area contributed by atoms with Crippen LogP contribution in [0.2, 0.25) is 5.02 Å². The summed E-state index contributed by atoms with van der Waals surface area (Å²) in [5.41, 5.74) is 0.143. The Balaban J connectivity index is 0.000000344. The third-order valence-corrected chi connectivity index (χ3v) is 3.72. The van der Waals surface area contributed by atoms with Crippen LogP contribution in [0.1, 0.15) is 50.4 Å². The molecule has 108 valence electrons. The first-order chi connectivity index (χ1) is 8.92. The Labute approximate surface area is 125 Å². The lowest BCUT2D eigenvalue weighted by atomic mass is 10.0. The number of aromatic carboxylic acids is 1. The third-order valence-electron chi connectivity index (χ3n) is 2.90. The zero-order chi connectivity index (χ0) is 14.8. The molecule has 0 radical (unpaired) electrons. The maximum Gasteiger partial charge on any atom is 0.337 e. The van der Waals surface area contributed by atoms with Gasteiger partial charge in [-0.25, -0.2) is 4.79 Å². The number of carbonyl (C=O) groups is 1. The number of halogens is 2. The molecule has 1 rings (SSSR count). The molecule has 1 aromatic carbocycles. The van der Waals surface area contributed by atoms with Gasteiger partial charge in [-0.15, -0.1) is 11.6 Å². The minimum Gasteiger partial charge on any atom is -0.478 e. The first-order valence-corrected chi connectivity index (χ1v) is 7.35. The Morgan fingerprint density at radius 2 is 1.84 bits per heavy atom. The molecule has 0 bridgehead atoms. The zero-order valence-corrected chi connectivity index (χ0v) is 13.2. The highest BCUT2D eigenvalue weighted by Gasteiger charge is 2.05. The van der Waals surface area contributed by atoms with E-state index in [0.29, 0.717) is 5.38 Å². The number of hydrogen-bond donors (Lipinski definition) is 1. The van der Waals surface area contributed by atoms with Crippen LogP contribution in [-0.4, -0.2) is 16.5 Å². The summed E-state index contributed by atoms with van der Waals surface area (Å²) in [4.78, 5) is 10.3. The molecular weight excluding hydrogens is 283 g/mol. The van der Waals surface area contributed by atoms with Gasteiger partial charge in [0, 0.05) is 5.38 Å². The van der Waals surface area contributed by atoms with Crippen LogP contribution < -0.4 is 0 Å². The van der Waals surface area contributed by atoms with Crippen molar-refractivity contribution in [2.24, 2.45) is 5.92 Å². The lowest BCUT2D eigenvalue weighted by Crippen LogP contribution is -2.03. The molecular formula is C15H22Cl2O2. The van der Waals surface area contributed by atoms with Crippen molar-refractivity contribution in [3.8, 4) is 0 Å². The molecule has 4 heteroatoms. The van der Waals surface area contributed by atoms with Crippen LogP contribution in [0.15, 0.2) is 24.3 Å². The number of hydrogen-bond acceptors (Lipinski definition) is 1. The van der Waals surface area contributed by atoms with Gasteiger partial charge in [0.15, 0.2) is 0 Å². The summed E-state index contributed by atoms with van der Waals surface area (Å²) in [5.74, 6) is -0.196. The van der Waals surface area contributed by atoms with Gasteiger partial charge < -0.3 is 5.11 Å². The van der Waals surface area contributed by atoms with Crippen molar-refractivity contribution in [1.29, 1.82) is 0 Å². The predicted octanol–water partition coefficient (Wildman–Crippen LogP) is 5.48. The van der Waals surface area contributed by atoms with Crippen LogP contribution in [0.3, 0.4) is 0 Å². The third kappa shape index (κ3) is 8.12. The van der Waals surface area contributed by atoms with E-state index >= 15 is 0 Å². The fourth-order valence-corrected chi connectivity index (χ4v) is 1.93. The molecule has 0 saturated carbocycles. The van der Waals surface area contributed by atoms with Gasteiger partial charge in [-0.2, -0.15) is 0 Å². The summed E-state index contributed by atoms with van der Waals surface area (Å²) in [6.45, 7) is 6.61. The lowest BCUT2D eigenvalue weighted by Gasteiger charge is -2.10. The minimum atomic E-state index is -0.995. The molecule has 0 aliphatic heterocycles. The van der Waals surface area contributed by atoms with Gasteiger partial charge in [0.25, 0.3) is 0 Å². The SMILES string of the molecule is CCC(C)CC(Cl)CC.O=C(O)c1ccccc1Cl. The molecule has 0 fully saturated rings. The Morgan fingerprint density at radius 3 is 2.21 bits per heavy atom. The highest BCUT2D eigenvalue weighted by atomic mass is 35.5. The van der Waals surface area contributed by atoms with E-state index < -0.39 is 5.97 Å².